The van der Waals surface area contributed by atoms with Gasteiger partial charge in [-0.15, -0.1) is 10.2 Å². The van der Waals surface area contributed by atoms with Gasteiger partial charge in [0.1, 0.15) is 0 Å². The van der Waals surface area contributed by atoms with Gasteiger partial charge in [0, 0.05) is 16.3 Å². The number of hydrogen-bond acceptors (Lipinski definition) is 6. The number of carbonyl (C=O) groups is 1. The zero-order valence-corrected chi connectivity index (χ0v) is 15.7. The molecular formula is C18H15ClN6OS. The van der Waals surface area contributed by atoms with Crippen LogP contribution in [0.1, 0.15) is 5.56 Å². The van der Waals surface area contributed by atoms with Gasteiger partial charge in [0.15, 0.2) is 5.82 Å². The Morgan fingerprint density at radius 2 is 1.89 bits per heavy atom. The number of thioether (sulfide) groups is 1. The minimum absolute atomic E-state index is 0.135. The van der Waals surface area contributed by atoms with Crippen molar-refractivity contribution in [1.29, 1.82) is 5.26 Å². The minimum Gasteiger partial charge on any atom is -0.335 e. The van der Waals surface area contributed by atoms with Gasteiger partial charge in [-0.3, -0.25) is 4.79 Å². The van der Waals surface area contributed by atoms with Crippen molar-refractivity contribution in [1.82, 2.24) is 14.9 Å². The van der Waals surface area contributed by atoms with E-state index in [1.807, 2.05) is 0 Å². The third kappa shape index (κ3) is 4.78. The van der Waals surface area contributed by atoms with E-state index in [0.29, 0.717) is 28.1 Å². The average molecular weight is 399 g/mol. The molecule has 0 unspecified atom stereocenters. The molecule has 1 aromatic heterocycles. The highest BCUT2D eigenvalue weighted by Gasteiger charge is 2.14. The maximum Gasteiger partial charge on any atom is 0.234 e. The summed E-state index contributed by atoms with van der Waals surface area (Å²) in [6.07, 6.45) is 0.339. The molecule has 7 nitrogen and oxygen atoms in total. The van der Waals surface area contributed by atoms with E-state index in [2.05, 4.69) is 21.6 Å². The summed E-state index contributed by atoms with van der Waals surface area (Å²) in [6.45, 7) is 0. The molecule has 3 aromatic rings. The summed E-state index contributed by atoms with van der Waals surface area (Å²) in [5, 5.41) is 20.6. The molecule has 136 valence electrons. The predicted octanol–water partition coefficient (Wildman–Crippen LogP) is 3.11. The van der Waals surface area contributed by atoms with Gasteiger partial charge < -0.3 is 11.2 Å². The summed E-state index contributed by atoms with van der Waals surface area (Å²) < 4.78 is 1.35. The van der Waals surface area contributed by atoms with Gasteiger partial charge in [0.25, 0.3) is 0 Å². The highest BCUT2D eigenvalue weighted by Crippen LogP contribution is 2.23. The summed E-state index contributed by atoms with van der Waals surface area (Å²) in [7, 11) is 0. The second-order valence-electron chi connectivity index (χ2n) is 5.55. The van der Waals surface area contributed by atoms with Gasteiger partial charge in [0.2, 0.25) is 11.1 Å². The third-order valence-electron chi connectivity index (χ3n) is 3.62. The number of nitrogens with one attached hydrogen (secondary N) is 1. The Bertz CT molecular complexity index is 979. The zero-order valence-electron chi connectivity index (χ0n) is 14.1. The average Bonchev–Trinajstić information content (AvgIpc) is 3.03. The first-order valence-electron chi connectivity index (χ1n) is 7.92. The number of nitrogens with two attached hydrogens (primary N) is 1. The standard InChI is InChI=1S/C18H15ClN6OS/c19-14-5-3-13(4-6-14)17-23-24-18(25(17)21)27-11-16(26)22-15-7-1-12(2-8-15)9-10-20/h1-8H,9,11,21H2,(H,22,26). The molecule has 2 aromatic carbocycles. The van der Waals surface area contributed by atoms with Crippen LogP contribution in [0.5, 0.6) is 0 Å². The molecule has 0 atom stereocenters. The first kappa shape index (κ1) is 18.8. The maximum atomic E-state index is 12.1. The van der Waals surface area contributed by atoms with E-state index in [1.165, 1.54) is 16.4 Å². The van der Waals surface area contributed by atoms with Crippen LogP contribution in [0.25, 0.3) is 11.4 Å². The quantitative estimate of drug-likeness (QED) is 0.487. The number of aromatic nitrogens is 3. The fourth-order valence-corrected chi connectivity index (χ4v) is 3.08. The number of rotatable bonds is 6. The second-order valence-corrected chi connectivity index (χ2v) is 6.93. The molecule has 3 rings (SSSR count). The van der Waals surface area contributed by atoms with Crippen molar-refractivity contribution in [2.24, 2.45) is 0 Å². The monoisotopic (exact) mass is 398 g/mol. The van der Waals surface area contributed by atoms with Crippen molar-refractivity contribution >= 4 is 35.0 Å². The molecule has 0 saturated heterocycles. The van der Waals surface area contributed by atoms with Crippen LogP contribution >= 0.6 is 23.4 Å². The van der Waals surface area contributed by atoms with E-state index < -0.39 is 0 Å². The van der Waals surface area contributed by atoms with Crippen LogP contribution in [0.3, 0.4) is 0 Å². The molecule has 0 spiro atoms. The molecule has 1 amide bonds. The summed E-state index contributed by atoms with van der Waals surface area (Å²) in [5.41, 5.74) is 2.34. The van der Waals surface area contributed by atoms with Crippen molar-refractivity contribution in [3.63, 3.8) is 0 Å². The van der Waals surface area contributed by atoms with Gasteiger partial charge in [-0.25, -0.2) is 4.68 Å². The molecule has 27 heavy (non-hydrogen) atoms. The Kier molecular flexibility index (Phi) is 5.96. The topological polar surface area (TPSA) is 110 Å². The molecular weight excluding hydrogens is 384 g/mol. The third-order valence-corrected chi connectivity index (χ3v) is 4.82. The Balaban J connectivity index is 1.59. The lowest BCUT2D eigenvalue weighted by atomic mass is 10.1. The number of halogens is 1. The van der Waals surface area contributed by atoms with Crippen LogP contribution in [-0.2, 0) is 11.2 Å². The minimum atomic E-state index is -0.191. The lowest BCUT2D eigenvalue weighted by Crippen LogP contribution is -2.16. The van der Waals surface area contributed by atoms with Crippen LogP contribution < -0.4 is 11.2 Å². The number of nitrogens with zero attached hydrogens (tertiary/aromatic N) is 4. The van der Waals surface area contributed by atoms with E-state index >= 15 is 0 Å². The molecule has 0 bridgehead atoms. The molecule has 0 radical (unpaired) electrons. The van der Waals surface area contributed by atoms with E-state index in [9.17, 15) is 4.79 Å². The lowest BCUT2D eigenvalue weighted by Gasteiger charge is -2.06. The summed E-state index contributed by atoms with van der Waals surface area (Å²) in [5.74, 6) is 6.47. The molecule has 0 aliphatic heterocycles. The first-order chi connectivity index (χ1) is 13.1. The van der Waals surface area contributed by atoms with Gasteiger partial charge in [-0.2, -0.15) is 5.26 Å². The molecule has 0 fully saturated rings. The molecule has 3 N–H and O–H groups in total. The Hall–Kier alpha value is -3.02. The summed E-state index contributed by atoms with van der Waals surface area (Å²) in [6, 6.07) is 16.3. The van der Waals surface area contributed by atoms with Gasteiger partial charge in [-0.05, 0) is 42.0 Å². The lowest BCUT2D eigenvalue weighted by molar-refractivity contribution is -0.113. The van der Waals surface area contributed by atoms with Crippen LogP contribution in [0.4, 0.5) is 5.69 Å². The largest absolute Gasteiger partial charge is 0.335 e. The number of nitriles is 1. The van der Waals surface area contributed by atoms with E-state index in [4.69, 9.17) is 22.7 Å². The van der Waals surface area contributed by atoms with Crippen LogP contribution in [0, 0.1) is 11.3 Å². The number of anilines is 1. The normalized spacial score (nSPS) is 10.4. The molecule has 9 heteroatoms. The van der Waals surface area contributed by atoms with Crippen molar-refractivity contribution < 1.29 is 4.79 Å². The molecule has 0 aliphatic carbocycles. The number of amides is 1. The fourth-order valence-electron chi connectivity index (χ4n) is 2.30. The highest BCUT2D eigenvalue weighted by atomic mass is 35.5. The second kappa shape index (κ2) is 8.58. The smallest absolute Gasteiger partial charge is 0.234 e. The van der Waals surface area contributed by atoms with Crippen molar-refractivity contribution in [2.75, 3.05) is 16.9 Å². The number of benzene rings is 2. The maximum absolute atomic E-state index is 12.1. The van der Waals surface area contributed by atoms with Crippen LogP contribution in [0.15, 0.2) is 53.7 Å². The Morgan fingerprint density at radius 3 is 2.56 bits per heavy atom. The van der Waals surface area contributed by atoms with Gasteiger partial charge in [-0.1, -0.05) is 35.5 Å². The predicted molar refractivity (Wildman–Crippen MR) is 106 cm³/mol. The van der Waals surface area contributed by atoms with Crippen LogP contribution in [0.2, 0.25) is 5.02 Å². The van der Waals surface area contributed by atoms with Crippen molar-refractivity contribution in [3.8, 4) is 17.5 Å². The Labute approximate surface area is 165 Å². The van der Waals surface area contributed by atoms with E-state index in [0.717, 1.165) is 11.1 Å². The van der Waals surface area contributed by atoms with Gasteiger partial charge >= 0.3 is 0 Å². The SMILES string of the molecule is N#CCc1ccc(NC(=O)CSc2nnc(-c3ccc(Cl)cc3)n2N)cc1. The fraction of sp³-hybridized carbons (Fsp3) is 0.111. The molecule has 1 heterocycles. The zero-order chi connectivity index (χ0) is 19.2. The number of hydrogen-bond donors (Lipinski definition) is 2. The van der Waals surface area contributed by atoms with Gasteiger partial charge in [0.05, 0.1) is 18.2 Å². The number of carbonyl (C=O) groups excluding carboxylic acids is 1. The Morgan fingerprint density at radius 1 is 1.19 bits per heavy atom. The molecule has 0 saturated carbocycles. The summed E-state index contributed by atoms with van der Waals surface area (Å²) >= 11 is 7.07. The van der Waals surface area contributed by atoms with E-state index in [1.54, 1.807) is 48.5 Å². The highest BCUT2D eigenvalue weighted by molar-refractivity contribution is 7.99. The number of nitrogen functional groups attached to an aromatic ring is 1. The molecule has 0 aliphatic rings. The van der Waals surface area contributed by atoms with Crippen molar-refractivity contribution in [2.45, 2.75) is 11.6 Å². The van der Waals surface area contributed by atoms with Crippen molar-refractivity contribution in [3.05, 3.63) is 59.1 Å². The van der Waals surface area contributed by atoms with E-state index in [-0.39, 0.29) is 11.7 Å². The van der Waals surface area contributed by atoms with Crippen LogP contribution in [-0.4, -0.2) is 26.5 Å². The summed E-state index contributed by atoms with van der Waals surface area (Å²) in [4.78, 5) is 12.1. The first-order valence-corrected chi connectivity index (χ1v) is 9.28.